The molecule has 0 unspecified atom stereocenters. The number of ether oxygens (including phenoxy) is 2. The Hall–Kier alpha value is -5.83. The predicted octanol–water partition coefficient (Wildman–Crippen LogP) is 4.43. The highest BCUT2D eigenvalue weighted by Gasteiger charge is 2.26. The summed E-state index contributed by atoms with van der Waals surface area (Å²) in [7, 11) is 1.55. The van der Waals surface area contributed by atoms with Gasteiger partial charge in [0, 0.05) is 28.3 Å². The molecule has 0 atom stereocenters. The van der Waals surface area contributed by atoms with Gasteiger partial charge in [-0.25, -0.2) is 10.1 Å². The summed E-state index contributed by atoms with van der Waals surface area (Å²) in [5.41, 5.74) is 11.3. The van der Waals surface area contributed by atoms with Crippen molar-refractivity contribution in [1.82, 2.24) is 30.7 Å². The van der Waals surface area contributed by atoms with Gasteiger partial charge in [0.05, 0.1) is 18.2 Å². The summed E-state index contributed by atoms with van der Waals surface area (Å²) in [6.45, 7) is 4.01. The molecule has 2 aromatic heterocycles. The van der Waals surface area contributed by atoms with Gasteiger partial charge >= 0.3 is 0 Å². The number of methoxy groups -OCH3 is 1. The molecule has 5 aromatic rings. The maximum atomic E-state index is 13.2. The minimum atomic E-state index is -0.755. The first kappa shape index (κ1) is 29.7. The number of amides is 1. The summed E-state index contributed by atoms with van der Waals surface area (Å²) >= 11 is 6.27. The number of aromatic nitrogens is 5. The second kappa shape index (κ2) is 12.6. The highest BCUT2D eigenvalue weighted by Crippen LogP contribution is 2.30. The molecule has 2 heterocycles. The number of hydrogen-bond acceptors (Lipinski definition) is 12. The number of nitro groups is 1. The maximum absolute atomic E-state index is 13.2. The lowest BCUT2D eigenvalue weighted by molar-refractivity contribution is -0.384. The van der Waals surface area contributed by atoms with Crippen LogP contribution in [0.3, 0.4) is 0 Å². The largest absolute Gasteiger partial charge is 0.496 e. The second-order valence-electron chi connectivity index (χ2n) is 9.41. The number of nitro benzene ring substituents is 1. The molecule has 0 saturated heterocycles. The van der Waals surface area contributed by atoms with E-state index in [-0.39, 0.29) is 40.9 Å². The van der Waals surface area contributed by atoms with E-state index in [0.717, 1.165) is 21.4 Å². The molecule has 16 heteroatoms. The smallest absolute Gasteiger partial charge is 0.294 e. The highest BCUT2D eigenvalue weighted by molar-refractivity contribution is 6.32. The van der Waals surface area contributed by atoms with E-state index in [1.807, 2.05) is 26.0 Å². The van der Waals surface area contributed by atoms with Crippen LogP contribution in [0.1, 0.15) is 32.7 Å². The van der Waals surface area contributed by atoms with Crippen molar-refractivity contribution in [2.24, 2.45) is 5.10 Å². The summed E-state index contributed by atoms with van der Waals surface area (Å²) in [6.07, 6.45) is 1.43. The molecule has 44 heavy (non-hydrogen) atoms. The van der Waals surface area contributed by atoms with Crippen molar-refractivity contribution in [2.45, 2.75) is 20.5 Å². The van der Waals surface area contributed by atoms with Gasteiger partial charge in [0.15, 0.2) is 5.69 Å². The van der Waals surface area contributed by atoms with E-state index in [1.54, 1.807) is 31.4 Å². The van der Waals surface area contributed by atoms with Crippen LogP contribution in [0.2, 0.25) is 5.02 Å². The standard InChI is InChI=1S/C28H24ClN9O6/c1-15-9-21(10-16(2)23(15)29)43-14-19-11-17(7-8-22(19)42-3)13-31-33-28(39)24-25(18-5-4-6-20(12-18)38(40)41)37(36-32-24)27-26(30)34-44-35-27/h4-13H,14H2,1-3H3,(H2,30,34)(H,33,39). The fraction of sp³-hybridized carbons (Fsp3) is 0.143. The summed E-state index contributed by atoms with van der Waals surface area (Å²) in [5, 5.41) is 31.3. The molecule has 5 rings (SSSR count). The molecule has 1 amide bonds. The number of rotatable bonds is 10. The molecule has 3 aromatic carbocycles. The fourth-order valence-electron chi connectivity index (χ4n) is 4.31. The van der Waals surface area contributed by atoms with Crippen LogP contribution in [0, 0.1) is 24.0 Å². The number of nitrogens with two attached hydrogens (primary N) is 1. The number of hydrazone groups is 1. The molecule has 3 N–H and O–H groups in total. The van der Waals surface area contributed by atoms with Crippen LogP contribution in [0.5, 0.6) is 11.5 Å². The van der Waals surface area contributed by atoms with E-state index in [2.05, 4.69) is 35.8 Å². The first-order valence-corrected chi connectivity index (χ1v) is 13.2. The molecular weight excluding hydrogens is 594 g/mol. The van der Waals surface area contributed by atoms with E-state index in [0.29, 0.717) is 22.1 Å². The molecule has 0 aliphatic carbocycles. The third-order valence-electron chi connectivity index (χ3n) is 6.40. The fourth-order valence-corrected chi connectivity index (χ4v) is 4.42. The molecule has 0 aliphatic rings. The molecule has 0 radical (unpaired) electrons. The van der Waals surface area contributed by atoms with E-state index in [9.17, 15) is 14.9 Å². The van der Waals surface area contributed by atoms with Crippen LogP contribution >= 0.6 is 11.6 Å². The molecule has 224 valence electrons. The Morgan fingerprint density at radius 1 is 1.18 bits per heavy atom. The molecule has 0 aliphatic heterocycles. The maximum Gasteiger partial charge on any atom is 0.294 e. The molecule has 0 fully saturated rings. The van der Waals surface area contributed by atoms with Crippen LogP contribution in [0.15, 0.2) is 64.3 Å². The summed E-state index contributed by atoms with van der Waals surface area (Å²) in [4.78, 5) is 24.0. The van der Waals surface area contributed by atoms with Gasteiger partial charge in [-0.15, -0.1) is 5.10 Å². The van der Waals surface area contributed by atoms with E-state index < -0.39 is 10.8 Å². The van der Waals surface area contributed by atoms with Gasteiger partial charge in [-0.3, -0.25) is 14.9 Å². The van der Waals surface area contributed by atoms with Gasteiger partial charge in [-0.2, -0.15) is 9.78 Å². The summed E-state index contributed by atoms with van der Waals surface area (Å²) in [5.74, 6) is 0.321. The van der Waals surface area contributed by atoms with Crippen molar-refractivity contribution >= 4 is 35.2 Å². The van der Waals surface area contributed by atoms with Crippen LogP contribution in [-0.2, 0) is 6.61 Å². The lowest BCUT2D eigenvalue weighted by Crippen LogP contribution is -2.19. The minimum Gasteiger partial charge on any atom is -0.496 e. The molecule has 15 nitrogen and oxygen atoms in total. The van der Waals surface area contributed by atoms with E-state index in [1.165, 1.54) is 24.4 Å². The Bertz CT molecular complexity index is 1880. The number of anilines is 1. The van der Waals surface area contributed by atoms with Crippen molar-refractivity contribution in [1.29, 1.82) is 0 Å². The third-order valence-corrected chi connectivity index (χ3v) is 7.00. The first-order valence-electron chi connectivity index (χ1n) is 12.8. The number of hydrogen-bond donors (Lipinski definition) is 2. The van der Waals surface area contributed by atoms with E-state index in [4.69, 9.17) is 26.8 Å². The van der Waals surface area contributed by atoms with Crippen LogP contribution in [-0.4, -0.2) is 49.5 Å². The van der Waals surface area contributed by atoms with Crippen molar-refractivity contribution in [2.75, 3.05) is 12.8 Å². The average molecular weight is 618 g/mol. The second-order valence-corrected chi connectivity index (χ2v) is 9.79. The molecule has 0 bridgehead atoms. The number of carbonyl (C=O) groups is 1. The number of nitrogen functional groups attached to an aromatic ring is 1. The molecule has 0 spiro atoms. The normalized spacial score (nSPS) is 11.1. The van der Waals surface area contributed by atoms with Gasteiger partial charge in [-0.05, 0) is 71.2 Å². The lowest BCUT2D eigenvalue weighted by atomic mass is 10.1. The van der Waals surface area contributed by atoms with Crippen molar-refractivity contribution < 1.29 is 23.8 Å². The first-order chi connectivity index (χ1) is 21.2. The Morgan fingerprint density at radius 3 is 2.64 bits per heavy atom. The number of nitrogens with zero attached hydrogens (tertiary/aromatic N) is 7. The van der Waals surface area contributed by atoms with Gasteiger partial charge in [-0.1, -0.05) is 28.9 Å². The number of carbonyl (C=O) groups excluding carboxylic acids is 1. The predicted molar refractivity (Wildman–Crippen MR) is 159 cm³/mol. The summed E-state index contributed by atoms with van der Waals surface area (Å²) in [6, 6.07) is 14.6. The number of nitrogens with one attached hydrogen (secondary N) is 1. The Balaban J connectivity index is 1.38. The third kappa shape index (κ3) is 6.17. The Kier molecular flexibility index (Phi) is 8.48. The molecule has 0 saturated carbocycles. The van der Waals surface area contributed by atoms with Gasteiger partial charge < -0.3 is 15.2 Å². The number of halogens is 1. The van der Waals surface area contributed by atoms with Crippen molar-refractivity contribution in [3.63, 3.8) is 0 Å². The van der Waals surface area contributed by atoms with Gasteiger partial charge in [0.1, 0.15) is 23.8 Å². The van der Waals surface area contributed by atoms with Gasteiger partial charge in [0.25, 0.3) is 11.6 Å². The lowest BCUT2D eigenvalue weighted by Gasteiger charge is -2.13. The monoisotopic (exact) mass is 617 g/mol. The van der Waals surface area contributed by atoms with Crippen LogP contribution in [0.25, 0.3) is 17.1 Å². The average Bonchev–Trinajstić information content (AvgIpc) is 3.64. The zero-order valence-electron chi connectivity index (χ0n) is 23.5. The quantitative estimate of drug-likeness (QED) is 0.128. The summed E-state index contributed by atoms with van der Waals surface area (Å²) < 4.78 is 17.2. The van der Waals surface area contributed by atoms with E-state index >= 15 is 0 Å². The zero-order valence-corrected chi connectivity index (χ0v) is 24.3. The number of aryl methyl sites for hydroxylation is 2. The minimum absolute atomic E-state index is 0.0559. The van der Waals surface area contributed by atoms with Crippen LogP contribution < -0.4 is 20.6 Å². The Morgan fingerprint density at radius 2 is 1.95 bits per heavy atom. The van der Waals surface area contributed by atoms with Crippen molar-refractivity contribution in [3.05, 3.63) is 97.7 Å². The topological polar surface area (TPSA) is 199 Å². The SMILES string of the molecule is COc1ccc(C=NNC(=O)c2nnn(-c3nonc3N)c2-c2cccc([N+](=O)[O-])c2)cc1COc1cc(C)c(Cl)c(C)c1. The number of non-ortho nitro benzene ring substituents is 1. The van der Waals surface area contributed by atoms with Gasteiger partial charge in [0.2, 0.25) is 11.6 Å². The van der Waals surface area contributed by atoms with Crippen molar-refractivity contribution in [3.8, 4) is 28.6 Å². The van der Waals surface area contributed by atoms with Crippen LogP contribution in [0.4, 0.5) is 11.5 Å². The Labute approximate surface area is 254 Å². The highest BCUT2D eigenvalue weighted by atomic mass is 35.5. The molecular formula is C28H24ClN9O6. The zero-order chi connectivity index (χ0) is 31.4. The number of benzene rings is 3.